The Bertz CT molecular complexity index is 537. The highest BCUT2D eigenvalue weighted by atomic mass is 32.2. The molecule has 1 N–H and O–H groups in total. The molecule has 1 rings (SSSR count). The fraction of sp³-hybridized carbons (Fsp3) is 0.684. The van der Waals surface area contributed by atoms with Crippen molar-refractivity contribution < 1.29 is 8.42 Å². The van der Waals surface area contributed by atoms with Crippen LogP contribution in [0.3, 0.4) is 0 Å². The van der Waals surface area contributed by atoms with Crippen LogP contribution in [0.5, 0.6) is 0 Å². The molecular formula is C19H34N2O2S. The maximum absolute atomic E-state index is 12.3. The Balaban J connectivity index is 2.43. The monoisotopic (exact) mass is 354 g/mol. The molecule has 0 spiro atoms. The molecule has 0 aliphatic rings. The highest BCUT2D eigenvalue weighted by Gasteiger charge is 2.13. The van der Waals surface area contributed by atoms with Crippen LogP contribution in [0.1, 0.15) is 58.4 Å². The van der Waals surface area contributed by atoms with E-state index in [4.69, 9.17) is 0 Å². The summed E-state index contributed by atoms with van der Waals surface area (Å²) >= 11 is 0. The van der Waals surface area contributed by atoms with Gasteiger partial charge in [-0.15, -0.1) is 0 Å². The Labute approximate surface area is 148 Å². The minimum absolute atomic E-state index is 0.364. The molecule has 0 heterocycles. The molecule has 0 bridgehead atoms. The van der Waals surface area contributed by atoms with Crippen LogP contribution in [0, 0.1) is 0 Å². The molecule has 0 amide bonds. The molecule has 0 saturated heterocycles. The van der Waals surface area contributed by atoms with E-state index in [-0.39, 0.29) is 0 Å². The van der Waals surface area contributed by atoms with Gasteiger partial charge >= 0.3 is 0 Å². The third-order valence-electron chi connectivity index (χ3n) is 4.39. The van der Waals surface area contributed by atoms with E-state index in [0.717, 1.165) is 32.5 Å². The fourth-order valence-electron chi connectivity index (χ4n) is 2.72. The number of unbranched alkanes of at least 4 members (excludes halogenated alkanes) is 3. The lowest BCUT2D eigenvalue weighted by Crippen LogP contribution is -2.30. The smallest absolute Gasteiger partial charge is 0.240 e. The summed E-state index contributed by atoms with van der Waals surface area (Å²) in [6.45, 7) is 9.86. The molecule has 0 saturated carbocycles. The first-order chi connectivity index (χ1) is 11.5. The number of hydrogen-bond donors (Lipinski definition) is 1. The van der Waals surface area contributed by atoms with Gasteiger partial charge in [0, 0.05) is 6.54 Å². The second-order valence-corrected chi connectivity index (χ2v) is 8.00. The highest BCUT2D eigenvalue weighted by Crippen LogP contribution is 2.13. The Morgan fingerprint density at radius 3 is 2.17 bits per heavy atom. The summed E-state index contributed by atoms with van der Waals surface area (Å²) in [6.07, 6.45) is 6.77. The molecule has 1 aromatic carbocycles. The van der Waals surface area contributed by atoms with Crippen molar-refractivity contribution in [2.45, 2.75) is 64.2 Å². The lowest BCUT2D eigenvalue weighted by atomic mass is 10.1. The Kier molecular flexibility index (Phi) is 10.2. The lowest BCUT2D eigenvalue weighted by Gasteiger charge is -2.17. The summed E-state index contributed by atoms with van der Waals surface area (Å²) < 4.78 is 27.3. The molecule has 0 unspecified atom stereocenters. The van der Waals surface area contributed by atoms with Crippen molar-refractivity contribution in [3.63, 3.8) is 0 Å². The van der Waals surface area contributed by atoms with Crippen LogP contribution in [0.2, 0.25) is 0 Å². The summed E-state index contributed by atoms with van der Waals surface area (Å²) in [4.78, 5) is 2.66. The molecule has 138 valence electrons. The van der Waals surface area contributed by atoms with Gasteiger partial charge in [0.2, 0.25) is 10.0 Å². The van der Waals surface area contributed by atoms with E-state index in [1.54, 1.807) is 12.1 Å². The maximum Gasteiger partial charge on any atom is 0.240 e. The van der Waals surface area contributed by atoms with E-state index in [0.29, 0.717) is 11.4 Å². The standard InChI is InChI=1S/C19H34N2O2S/c1-4-7-8-9-11-18-12-14-19(15-13-18)24(22,23)20-16-10-17-21(5-2)6-3/h12-15,20H,4-11,16-17H2,1-3H3. The van der Waals surface area contributed by atoms with Gasteiger partial charge in [-0.25, -0.2) is 13.1 Å². The zero-order valence-electron chi connectivity index (χ0n) is 15.6. The summed E-state index contributed by atoms with van der Waals surface area (Å²) in [5.41, 5.74) is 1.21. The molecule has 4 nitrogen and oxygen atoms in total. The van der Waals surface area contributed by atoms with Gasteiger partial charge in [-0.3, -0.25) is 0 Å². The van der Waals surface area contributed by atoms with Crippen molar-refractivity contribution >= 4 is 10.0 Å². The Hall–Kier alpha value is -0.910. The van der Waals surface area contributed by atoms with E-state index in [9.17, 15) is 8.42 Å². The van der Waals surface area contributed by atoms with Gasteiger partial charge in [0.1, 0.15) is 0 Å². The van der Waals surface area contributed by atoms with Crippen LogP contribution in [-0.2, 0) is 16.4 Å². The average Bonchev–Trinajstić information content (AvgIpc) is 2.59. The van der Waals surface area contributed by atoms with Crippen molar-refractivity contribution in [2.75, 3.05) is 26.2 Å². The van der Waals surface area contributed by atoms with E-state index in [1.807, 2.05) is 12.1 Å². The first kappa shape index (κ1) is 21.1. The molecule has 0 atom stereocenters. The quantitative estimate of drug-likeness (QED) is 0.548. The predicted octanol–water partition coefficient (Wildman–Crippen LogP) is 3.82. The topological polar surface area (TPSA) is 49.4 Å². The summed E-state index contributed by atoms with van der Waals surface area (Å²) in [5, 5.41) is 0. The third-order valence-corrected chi connectivity index (χ3v) is 5.87. The van der Waals surface area contributed by atoms with Gasteiger partial charge in [0.25, 0.3) is 0 Å². The van der Waals surface area contributed by atoms with Crippen molar-refractivity contribution in [2.24, 2.45) is 0 Å². The minimum atomic E-state index is -3.39. The molecule has 24 heavy (non-hydrogen) atoms. The highest BCUT2D eigenvalue weighted by molar-refractivity contribution is 7.89. The number of benzene rings is 1. The van der Waals surface area contributed by atoms with Crippen LogP contribution < -0.4 is 4.72 Å². The second-order valence-electron chi connectivity index (χ2n) is 6.23. The maximum atomic E-state index is 12.3. The van der Waals surface area contributed by atoms with E-state index in [1.165, 1.54) is 31.2 Å². The third kappa shape index (κ3) is 7.77. The van der Waals surface area contributed by atoms with Gasteiger partial charge in [-0.05, 0) is 56.6 Å². The molecular weight excluding hydrogens is 320 g/mol. The minimum Gasteiger partial charge on any atom is -0.304 e. The van der Waals surface area contributed by atoms with E-state index in [2.05, 4.69) is 30.4 Å². The molecule has 0 aromatic heterocycles. The van der Waals surface area contributed by atoms with Gasteiger partial charge in [0.15, 0.2) is 0 Å². The Morgan fingerprint density at radius 1 is 0.917 bits per heavy atom. The second kappa shape index (κ2) is 11.6. The zero-order valence-corrected chi connectivity index (χ0v) is 16.4. The van der Waals surface area contributed by atoms with Crippen LogP contribution in [0.4, 0.5) is 0 Å². The van der Waals surface area contributed by atoms with E-state index >= 15 is 0 Å². The van der Waals surface area contributed by atoms with Crippen molar-refractivity contribution in [3.8, 4) is 0 Å². The van der Waals surface area contributed by atoms with Crippen molar-refractivity contribution in [1.82, 2.24) is 9.62 Å². The number of hydrogen-bond acceptors (Lipinski definition) is 3. The molecule has 0 radical (unpaired) electrons. The van der Waals surface area contributed by atoms with E-state index < -0.39 is 10.0 Å². The molecule has 0 aliphatic carbocycles. The lowest BCUT2D eigenvalue weighted by molar-refractivity contribution is 0.300. The number of sulfonamides is 1. The summed E-state index contributed by atoms with van der Waals surface area (Å²) in [5.74, 6) is 0. The number of rotatable bonds is 13. The van der Waals surface area contributed by atoms with Gasteiger partial charge in [-0.2, -0.15) is 0 Å². The van der Waals surface area contributed by atoms with Gasteiger partial charge < -0.3 is 4.90 Å². The van der Waals surface area contributed by atoms with Crippen LogP contribution in [-0.4, -0.2) is 39.5 Å². The average molecular weight is 355 g/mol. The number of nitrogens with one attached hydrogen (secondary N) is 1. The first-order valence-corrected chi connectivity index (χ1v) is 10.8. The predicted molar refractivity (Wildman–Crippen MR) is 102 cm³/mol. The largest absolute Gasteiger partial charge is 0.304 e. The summed E-state index contributed by atoms with van der Waals surface area (Å²) in [7, 11) is -3.39. The zero-order chi connectivity index (χ0) is 17.8. The van der Waals surface area contributed by atoms with Crippen molar-refractivity contribution in [1.29, 1.82) is 0 Å². The van der Waals surface area contributed by atoms with Crippen LogP contribution >= 0.6 is 0 Å². The SMILES string of the molecule is CCCCCCc1ccc(S(=O)(=O)NCCCN(CC)CC)cc1. The first-order valence-electron chi connectivity index (χ1n) is 9.34. The van der Waals surface area contributed by atoms with Crippen LogP contribution in [0.25, 0.3) is 0 Å². The van der Waals surface area contributed by atoms with Crippen LogP contribution in [0.15, 0.2) is 29.2 Å². The molecule has 0 aliphatic heterocycles. The fourth-order valence-corrected chi connectivity index (χ4v) is 3.80. The normalized spacial score (nSPS) is 12.0. The number of nitrogens with zero attached hydrogens (tertiary/aromatic N) is 1. The Morgan fingerprint density at radius 2 is 1.58 bits per heavy atom. The van der Waals surface area contributed by atoms with Gasteiger partial charge in [0.05, 0.1) is 4.90 Å². The van der Waals surface area contributed by atoms with Gasteiger partial charge in [-0.1, -0.05) is 52.2 Å². The molecule has 1 aromatic rings. The number of aryl methyl sites for hydroxylation is 1. The molecule has 5 heteroatoms. The summed E-state index contributed by atoms with van der Waals surface area (Å²) in [6, 6.07) is 7.33. The van der Waals surface area contributed by atoms with Crippen molar-refractivity contribution in [3.05, 3.63) is 29.8 Å². The molecule has 0 fully saturated rings.